The van der Waals surface area contributed by atoms with E-state index in [2.05, 4.69) is 0 Å². The molecule has 0 saturated carbocycles. The summed E-state index contributed by atoms with van der Waals surface area (Å²) >= 11 is 0. The van der Waals surface area contributed by atoms with Gasteiger partial charge in [0.25, 0.3) is 0 Å². The Morgan fingerprint density at radius 1 is 1.04 bits per heavy atom. The highest BCUT2D eigenvalue weighted by molar-refractivity contribution is 7.92. The van der Waals surface area contributed by atoms with Crippen LogP contribution in [0.3, 0.4) is 0 Å². The number of likely N-dealkylation sites (tertiary alicyclic amines) is 1. The summed E-state index contributed by atoms with van der Waals surface area (Å²) in [5.41, 5.74) is 0.714. The molecule has 1 fully saturated rings. The van der Waals surface area contributed by atoms with Crippen LogP contribution in [0.1, 0.15) is 59.9 Å². The van der Waals surface area contributed by atoms with Crippen molar-refractivity contribution in [1.82, 2.24) is 4.90 Å². The van der Waals surface area contributed by atoms with Crippen molar-refractivity contribution in [3.05, 3.63) is 29.8 Å². The Morgan fingerprint density at radius 3 is 2.04 bits per heavy atom. The molecule has 5 nitrogen and oxygen atoms in total. The van der Waals surface area contributed by atoms with E-state index in [9.17, 15) is 13.2 Å². The molecule has 6 heteroatoms. The highest BCUT2D eigenvalue weighted by Crippen LogP contribution is 2.25. The van der Waals surface area contributed by atoms with E-state index < -0.39 is 14.6 Å². The number of carbonyl (C=O) groups is 1. The summed E-state index contributed by atoms with van der Waals surface area (Å²) in [5.74, 6) is 1.25. The first-order valence-electron chi connectivity index (χ1n) is 10.0. The Balaban J connectivity index is 1.85. The summed E-state index contributed by atoms with van der Waals surface area (Å²) in [6.07, 6.45) is 1.86. The number of benzene rings is 1. The summed E-state index contributed by atoms with van der Waals surface area (Å²) in [6.45, 7) is 12.5. The zero-order valence-electron chi connectivity index (χ0n) is 18.1. The quantitative estimate of drug-likeness (QED) is 0.741. The normalized spacial score (nSPS) is 16.9. The maximum Gasteiger partial charge on any atom is 0.226 e. The summed E-state index contributed by atoms with van der Waals surface area (Å²) < 4.78 is 29.9. The first kappa shape index (κ1) is 22.7. The second-order valence-corrected chi connectivity index (χ2v) is 12.5. The van der Waals surface area contributed by atoms with Crippen LogP contribution in [0, 0.1) is 5.92 Å². The Labute approximate surface area is 170 Å². The van der Waals surface area contributed by atoms with Crippen LogP contribution in [-0.2, 0) is 21.1 Å². The summed E-state index contributed by atoms with van der Waals surface area (Å²) in [6, 6.07) is 7.66. The largest absolute Gasteiger partial charge is 0.488 e. The fourth-order valence-corrected chi connectivity index (χ4v) is 4.68. The minimum Gasteiger partial charge on any atom is -0.488 e. The van der Waals surface area contributed by atoms with Crippen molar-refractivity contribution in [2.75, 3.05) is 18.8 Å². The van der Waals surface area contributed by atoms with Crippen LogP contribution in [0.25, 0.3) is 0 Å². The second kappa shape index (κ2) is 8.44. The third-order valence-corrected chi connectivity index (χ3v) is 7.83. The molecular formula is C22H35NO4S. The van der Waals surface area contributed by atoms with Gasteiger partial charge in [-0.15, -0.1) is 0 Å². The lowest BCUT2D eigenvalue weighted by atomic mass is 9.98. The molecule has 2 rings (SSSR count). The predicted octanol–water partition coefficient (Wildman–Crippen LogP) is 3.86. The molecule has 0 aliphatic carbocycles. The van der Waals surface area contributed by atoms with Crippen LogP contribution in [0.5, 0.6) is 5.75 Å². The van der Waals surface area contributed by atoms with E-state index in [-0.39, 0.29) is 23.2 Å². The number of piperidine rings is 1. The summed E-state index contributed by atoms with van der Waals surface area (Å²) in [4.78, 5) is 14.5. The van der Waals surface area contributed by atoms with Crippen molar-refractivity contribution in [3.63, 3.8) is 0 Å². The maximum atomic E-state index is 12.6. The molecule has 0 radical (unpaired) electrons. The SMILES string of the molecule is CC(C)(C)Oc1ccc(CC(=O)N2CCC(CS(=O)(=O)C(C)(C)C)CC2)cc1. The molecule has 28 heavy (non-hydrogen) atoms. The van der Waals surface area contributed by atoms with E-state index in [1.165, 1.54) is 0 Å². The molecule has 1 aromatic carbocycles. The van der Waals surface area contributed by atoms with Crippen molar-refractivity contribution in [2.45, 2.75) is 71.2 Å². The zero-order chi connectivity index (χ0) is 21.2. The van der Waals surface area contributed by atoms with E-state index in [1.807, 2.05) is 49.9 Å². The molecule has 1 amide bonds. The van der Waals surface area contributed by atoms with Crippen LogP contribution >= 0.6 is 0 Å². The van der Waals surface area contributed by atoms with E-state index in [1.54, 1.807) is 20.8 Å². The maximum absolute atomic E-state index is 12.6. The molecule has 1 heterocycles. The number of carbonyl (C=O) groups excluding carboxylic acids is 1. The first-order chi connectivity index (χ1) is 12.8. The average Bonchev–Trinajstić information content (AvgIpc) is 2.54. The second-order valence-electron chi connectivity index (χ2n) is 9.75. The zero-order valence-corrected chi connectivity index (χ0v) is 18.9. The lowest BCUT2D eigenvalue weighted by Gasteiger charge is -2.33. The third kappa shape index (κ3) is 6.50. The topological polar surface area (TPSA) is 63.7 Å². The molecule has 0 bridgehead atoms. The van der Waals surface area contributed by atoms with Gasteiger partial charge in [0.1, 0.15) is 11.4 Å². The van der Waals surface area contributed by atoms with Crippen LogP contribution in [-0.4, -0.2) is 48.4 Å². The molecule has 0 N–H and O–H groups in total. The molecule has 0 aromatic heterocycles. The Morgan fingerprint density at radius 2 is 1.57 bits per heavy atom. The monoisotopic (exact) mass is 409 g/mol. The molecule has 1 aliphatic heterocycles. The molecule has 1 saturated heterocycles. The van der Waals surface area contributed by atoms with Crippen molar-refractivity contribution in [3.8, 4) is 5.75 Å². The van der Waals surface area contributed by atoms with Crippen molar-refractivity contribution in [2.24, 2.45) is 5.92 Å². The number of nitrogens with zero attached hydrogens (tertiary/aromatic N) is 1. The molecule has 0 spiro atoms. The predicted molar refractivity (Wildman–Crippen MR) is 113 cm³/mol. The van der Waals surface area contributed by atoms with E-state index in [4.69, 9.17) is 4.74 Å². The lowest BCUT2D eigenvalue weighted by Crippen LogP contribution is -2.42. The molecular weight excluding hydrogens is 374 g/mol. The number of sulfone groups is 1. The van der Waals surface area contributed by atoms with Gasteiger partial charge in [0.05, 0.1) is 16.9 Å². The van der Waals surface area contributed by atoms with Crippen molar-refractivity contribution in [1.29, 1.82) is 0 Å². The first-order valence-corrected chi connectivity index (χ1v) is 11.7. The standard InChI is InChI=1S/C22H35NO4S/c1-21(2,3)27-19-9-7-17(8-10-19)15-20(24)23-13-11-18(12-14-23)16-28(25,26)22(4,5)6/h7-10,18H,11-16H2,1-6H3. The Bertz CT molecular complexity index is 762. The van der Waals surface area contributed by atoms with Gasteiger partial charge in [-0.25, -0.2) is 8.42 Å². The lowest BCUT2D eigenvalue weighted by molar-refractivity contribution is -0.131. The molecule has 158 valence electrons. The van der Waals surface area contributed by atoms with Crippen LogP contribution in [0.4, 0.5) is 0 Å². The Hall–Kier alpha value is -1.56. The van der Waals surface area contributed by atoms with E-state index >= 15 is 0 Å². The minimum atomic E-state index is -3.12. The minimum absolute atomic E-state index is 0.0987. The van der Waals surface area contributed by atoms with Crippen LogP contribution in [0.2, 0.25) is 0 Å². The number of hydrogen-bond acceptors (Lipinski definition) is 4. The molecule has 1 aromatic rings. The Kier molecular flexibility index (Phi) is 6.85. The molecule has 0 atom stereocenters. The third-order valence-electron chi connectivity index (χ3n) is 5.06. The van der Waals surface area contributed by atoms with Gasteiger partial charge in [0.15, 0.2) is 9.84 Å². The van der Waals surface area contributed by atoms with Gasteiger partial charge in [-0.3, -0.25) is 4.79 Å². The van der Waals surface area contributed by atoms with Gasteiger partial charge in [-0.05, 0) is 78.0 Å². The smallest absolute Gasteiger partial charge is 0.226 e. The van der Waals surface area contributed by atoms with Gasteiger partial charge >= 0.3 is 0 Å². The number of ether oxygens (including phenoxy) is 1. The fraction of sp³-hybridized carbons (Fsp3) is 0.682. The van der Waals surface area contributed by atoms with Gasteiger partial charge in [0, 0.05) is 13.1 Å². The van der Waals surface area contributed by atoms with E-state index in [0.29, 0.717) is 19.5 Å². The highest BCUT2D eigenvalue weighted by Gasteiger charge is 2.33. The number of hydrogen-bond donors (Lipinski definition) is 0. The molecule has 0 unspecified atom stereocenters. The van der Waals surface area contributed by atoms with Gasteiger partial charge < -0.3 is 9.64 Å². The molecule has 1 aliphatic rings. The number of rotatable bonds is 5. The van der Waals surface area contributed by atoms with Gasteiger partial charge in [-0.2, -0.15) is 0 Å². The van der Waals surface area contributed by atoms with Gasteiger partial charge in [0.2, 0.25) is 5.91 Å². The van der Waals surface area contributed by atoms with E-state index in [0.717, 1.165) is 24.2 Å². The van der Waals surface area contributed by atoms with Crippen molar-refractivity contribution < 1.29 is 17.9 Å². The summed E-state index contributed by atoms with van der Waals surface area (Å²) in [7, 11) is -3.12. The van der Waals surface area contributed by atoms with Crippen molar-refractivity contribution >= 4 is 15.7 Å². The van der Waals surface area contributed by atoms with Crippen LogP contribution in [0.15, 0.2) is 24.3 Å². The highest BCUT2D eigenvalue weighted by atomic mass is 32.2. The average molecular weight is 410 g/mol. The van der Waals surface area contributed by atoms with Crippen LogP contribution < -0.4 is 4.74 Å². The summed E-state index contributed by atoms with van der Waals surface area (Å²) in [5, 5.41) is 0. The number of amides is 1. The fourth-order valence-electron chi connectivity index (χ4n) is 3.22. The van der Waals surface area contributed by atoms with Gasteiger partial charge in [-0.1, -0.05) is 12.1 Å².